The molecule has 106 valence electrons. The van der Waals surface area contributed by atoms with Crippen LogP contribution in [-0.2, 0) is 10.2 Å². The van der Waals surface area contributed by atoms with Crippen molar-refractivity contribution < 1.29 is 14.6 Å². The van der Waals surface area contributed by atoms with E-state index in [0.29, 0.717) is 5.75 Å². The van der Waals surface area contributed by atoms with Crippen molar-refractivity contribution in [1.29, 1.82) is 0 Å². The fourth-order valence-electron chi connectivity index (χ4n) is 1.62. The number of rotatable bonds is 5. The zero-order valence-corrected chi connectivity index (χ0v) is 11.9. The molecule has 0 saturated carbocycles. The molecule has 0 heterocycles. The molecule has 1 unspecified atom stereocenters. The molecule has 0 spiro atoms. The molecule has 0 saturated heterocycles. The van der Waals surface area contributed by atoms with E-state index in [1.807, 2.05) is 18.2 Å². The largest absolute Gasteiger partial charge is 0.495 e. The summed E-state index contributed by atoms with van der Waals surface area (Å²) in [5.74, 6) is -0.357. The Labute approximate surface area is 113 Å². The van der Waals surface area contributed by atoms with Crippen LogP contribution in [0.2, 0.25) is 0 Å². The van der Waals surface area contributed by atoms with E-state index < -0.39 is 12.0 Å². The van der Waals surface area contributed by atoms with Gasteiger partial charge < -0.3 is 20.9 Å². The second-order valence-electron chi connectivity index (χ2n) is 5.49. The number of ether oxygens (including phenoxy) is 1. The minimum absolute atomic E-state index is 0.0115. The van der Waals surface area contributed by atoms with Crippen molar-refractivity contribution >= 4 is 11.7 Å². The summed E-state index contributed by atoms with van der Waals surface area (Å²) in [5, 5.41) is 11.8. The van der Waals surface area contributed by atoms with Crippen LogP contribution in [0.3, 0.4) is 0 Å². The normalized spacial score (nSPS) is 12.9. The summed E-state index contributed by atoms with van der Waals surface area (Å²) < 4.78 is 5.26. The van der Waals surface area contributed by atoms with Gasteiger partial charge in [-0.1, -0.05) is 26.8 Å². The number of anilines is 1. The Morgan fingerprint density at radius 1 is 1.47 bits per heavy atom. The van der Waals surface area contributed by atoms with E-state index in [1.54, 1.807) is 7.11 Å². The van der Waals surface area contributed by atoms with E-state index >= 15 is 0 Å². The minimum atomic E-state index is -1.03. The first-order valence-corrected chi connectivity index (χ1v) is 6.16. The lowest BCUT2D eigenvalue weighted by Gasteiger charge is -2.22. The maximum Gasteiger partial charge on any atom is 0.322 e. The molecular weight excluding hydrogens is 244 g/mol. The van der Waals surface area contributed by atoms with E-state index in [4.69, 9.17) is 15.6 Å². The third-order valence-corrected chi connectivity index (χ3v) is 2.90. The highest BCUT2D eigenvalue weighted by Gasteiger charge is 2.17. The molecule has 0 aliphatic rings. The Kier molecular flexibility index (Phi) is 4.78. The van der Waals surface area contributed by atoms with Gasteiger partial charge in [0.2, 0.25) is 0 Å². The maximum absolute atomic E-state index is 10.7. The highest BCUT2D eigenvalue weighted by Crippen LogP contribution is 2.31. The molecule has 5 nitrogen and oxygen atoms in total. The van der Waals surface area contributed by atoms with Crippen molar-refractivity contribution in [3.05, 3.63) is 23.8 Å². The van der Waals surface area contributed by atoms with Crippen LogP contribution in [0, 0.1) is 0 Å². The fourth-order valence-corrected chi connectivity index (χ4v) is 1.62. The highest BCUT2D eigenvalue weighted by molar-refractivity contribution is 5.74. The summed E-state index contributed by atoms with van der Waals surface area (Å²) in [4.78, 5) is 10.7. The first-order chi connectivity index (χ1) is 8.75. The number of carboxylic acids is 1. The van der Waals surface area contributed by atoms with Gasteiger partial charge in [0.25, 0.3) is 0 Å². The van der Waals surface area contributed by atoms with Gasteiger partial charge in [0, 0.05) is 6.54 Å². The lowest BCUT2D eigenvalue weighted by molar-refractivity contribution is -0.138. The van der Waals surface area contributed by atoms with Crippen LogP contribution in [0.1, 0.15) is 26.3 Å². The molecular formula is C14H22N2O3. The number of benzene rings is 1. The fraction of sp³-hybridized carbons (Fsp3) is 0.500. The van der Waals surface area contributed by atoms with Crippen molar-refractivity contribution in [3.63, 3.8) is 0 Å². The molecule has 0 aliphatic carbocycles. The van der Waals surface area contributed by atoms with Gasteiger partial charge in [-0.3, -0.25) is 4.79 Å². The smallest absolute Gasteiger partial charge is 0.322 e. The molecule has 4 N–H and O–H groups in total. The van der Waals surface area contributed by atoms with Crippen molar-refractivity contribution in [3.8, 4) is 5.75 Å². The first-order valence-electron chi connectivity index (χ1n) is 6.16. The number of nitrogens with one attached hydrogen (secondary N) is 1. The molecule has 1 atom stereocenters. The topological polar surface area (TPSA) is 84.6 Å². The van der Waals surface area contributed by atoms with E-state index in [1.165, 1.54) is 0 Å². The van der Waals surface area contributed by atoms with E-state index in [9.17, 15) is 4.79 Å². The number of methoxy groups -OCH3 is 1. The monoisotopic (exact) mass is 266 g/mol. The molecule has 5 heteroatoms. The Morgan fingerprint density at radius 3 is 2.58 bits per heavy atom. The molecule has 0 aromatic heterocycles. The molecule has 0 radical (unpaired) electrons. The van der Waals surface area contributed by atoms with Gasteiger partial charge in [0.1, 0.15) is 11.8 Å². The Hall–Kier alpha value is -1.75. The Morgan fingerprint density at radius 2 is 2.11 bits per heavy atom. The third kappa shape index (κ3) is 4.13. The van der Waals surface area contributed by atoms with Crippen LogP contribution in [0.4, 0.5) is 5.69 Å². The zero-order chi connectivity index (χ0) is 14.6. The summed E-state index contributed by atoms with van der Waals surface area (Å²) in [5.41, 5.74) is 7.38. The van der Waals surface area contributed by atoms with Gasteiger partial charge in [0.15, 0.2) is 0 Å². The minimum Gasteiger partial charge on any atom is -0.495 e. The van der Waals surface area contributed by atoms with E-state index in [2.05, 4.69) is 26.1 Å². The zero-order valence-electron chi connectivity index (χ0n) is 11.9. The second-order valence-corrected chi connectivity index (χ2v) is 5.49. The van der Waals surface area contributed by atoms with Crippen molar-refractivity contribution in [2.45, 2.75) is 32.2 Å². The quantitative estimate of drug-likeness (QED) is 0.757. The van der Waals surface area contributed by atoms with Crippen LogP contribution in [0.15, 0.2) is 18.2 Å². The van der Waals surface area contributed by atoms with Crippen molar-refractivity contribution in [2.75, 3.05) is 19.0 Å². The number of hydrogen-bond acceptors (Lipinski definition) is 4. The highest BCUT2D eigenvalue weighted by atomic mass is 16.5. The first kappa shape index (κ1) is 15.3. The second kappa shape index (κ2) is 5.93. The number of nitrogens with two attached hydrogens (primary N) is 1. The molecule has 1 rings (SSSR count). The van der Waals surface area contributed by atoms with Gasteiger partial charge in [-0.2, -0.15) is 0 Å². The molecule has 0 aliphatic heterocycles. The average Bonchev–Trinajstić information content (AvgIpc) is 2.34. The van der Waals surface area contributed by atoms with E-state index in [0.717, 1.165) is 11.3 Å². The van der Waals surface area contributed by atoms with Crippen molar-refractivity contribution in [1.82, 2.24) is 0 Å². The van der Waals surface area contributed by atoms with Crippen LogP contribution >= 0.6 is 0 Å². The predicted molar refractivity (Wildman–Crippen MR) is 75.8 cm³/mol. The van der Waals surface area contributed by atoms with Crippen LogP contribution in [0.25, 0.3) is 0 Å². The molecule has 1 aromatic carbocycles. The summed E-state index contributed by atoms with van der Waals surface area (Å²) in [7, 11) is 1.58. The van der Waals surface area contributed by atoms with Gasteiger partial charge in [-0.15, -0.1) is 0 Å². The number of carbonyl (C=O) groups is 1. The van der Waals surface area contributed by atoms with Gasteiger partial charge in [-0.05, 0) is 23.1 Å². The van der Waals surface area contributed by atoms with Crippen LogP contribution in [-0.4, -0.2) is 30.8 Å². The Bertz CT molecular complexity index is 452. The standard InChI is InChI=1S/C14H22N2O3/c1-14(2,3)9-5-6-12(19-4)11(7-9)16-8-10(15)13(17)18/h5-7,10,16H,8,15H2,1-4H3,(H,17,18). The Balaban J connectivity index is 2.94. The maximum atomic E-state index is 10.7. The third-order valence-electron chi connectivity index (χ3n) is 2.90. The average molecular weight is 266 g/mol. The molecule has 1 aromatic rings. The van der Waals surface area contributed by atoms with Gasteiger partial charge in [0.05, 0.1) is 12.8 Å². The van der Waals surface area contributed by atoms with Gasteiger partial charge in [-0.25, -0.2) is 0 Å². The summed E-state index contributed by atoms with van der Waals surface area (Å²) in [6, 6.07) is 4.90. The summed E-state index contributed by atoms with van der Waals surface area (Å²) in [6.45, 7) is 6.49. The molecule has 19 heavy (non-hydrogen) atoms. The summed E-state index contributed by atoms with van der Waals surface area (Å²) >= 11 is 0. The number of carboxylic acid groups (broad SMARTS) is 1. The van der Waals surface area contributed by atoms with Crippen LogP contribution < -0.4 is 15.8 Å². The van der Waals surface area contributed by atoms with Crippen LogP contribution in [0.5, 0.6) is 5.75 Å². The number of hydrogen-bond donors (Lipinski definition) is 3. The molecule has 0 bridgehead atoms. The van der Waals surface area contributed by atoms with Gasteiger partial charge >= 0.3 is 5.97 Å². The predicted octanol–water partition coefficient (Wildman–Crippen LogP) is 1.82. The lowest BCUT2D eigenvalue weighted by Crippen LogP contribution is -2.37. The number of aliphatic carboxylic acids is 1. The lowest BCUT2D eigenvalue weighted by atomic mass is 9.87. The SMILES string of the molecule is COc1ccc(C(C)(C)C)cc1NCC(N)C(=O)O. The molecule has 0 fully saturated rings. The van der Waals surface area contributed by atoms with E-state index in [-0.39, 0.29) is 12.0 Å². The molecule has 0 amide bonds. The van der Waals surface area contributed by atoms with Crippen molar-refractivity contribution in [2.24, 2.45) is 5.73 Å². The summed E-state index contributed by atoms with van der Waals surface area (Å²) in [6.07, 6.45) is 0.